The van der Waals surface area contributed by atoms with Gasteiger partial charge in [0.2, 0.25) is 0 Å². The van der Waals surface area contributed by atoms with Gasteiger partial charge in [0.25, 0.3) is 0 Å². The second-order valence-electron chi connectivity index (χ2n) is 4.62. The first kappa shape index (κ1) is 14.3. The van der Waals surface area contributed by atoms with Crippen molar-refractivity contribution >= 4 is 34.2 Å². The van der Waals surface area contributed by atoms with Gasteiger partial charge in [-0.1, -0.05) is 17.7 Å². The average molecular weight is 327 g/mol. The Morgan fingerprint density at radius 2 is 1.95 bits per heavy atom. The minimum atomic E-state index is -0.460. The molecular formula is C15H10Cl2F2N2. The largest absolute Gasteiger partial charge is 0.293 e. The topological polar surface area (TPSA) is 17.8 Å². The Hall–Kier alpha value is -1.65. The van der Waals surface area contributed by atoms with Crippen LogP contribution in [0.15, 0.2) is 36.4 Å². The monoisotopic (exact) mass is 326 g/mol. The lowest BCUT2D eigenvalue weighted by Gasteiger charge is -2.12. The minimum absolute atomic E-state index is 0.206. The predicted octanol–water partition coefficient (Wildman–Crippen LogP) is 5.26. The second-order valence-corrected chi connectivity index (χ2v) is 5.69. The van der Waals surface area contributed by atoms with Crippen LogP contribution < -0.4 is 0 Å². The maximum Gasteiger partial charge on any atom is 0.151 e. The van der Waals surface area contributed by atoms with Crippen LogP contribution in [0.3, 0.4) is 0 Å². The molecule has 3 aromatic rings. The number of hydrogen-bond acceptors (Lipinski definition) is 1. The van der Waals surface area contributed by atoms with E-state index in [1.165, 1.54) is 24.3 Å². The van der Waals surface area contributed by atoms with Gasteiger partial charge in [0.05, 0.1) is 21.6 Å². The summed E-state index contributed by atoms with van der Waals surface area (Å²) in [5.41, 5.74) is 1.25. The van der Waals surface area contributed by atoms with Crippen molar-refractivity contribution in [2.24, 2.45) is 0 Å². The summed E-state index contributed by atoms with van der Waals surface area (Å²) < 4.78 is 28.8. The molecule has 0 aliphatic rings. The Morgan fingerprint density at radius 3 is 2.62 bits per heavy atom. The molecule has 2 aromatic carbocycles. The third-order valence-corrected chi connectivity index (χ3v) is 3.67. The molecule has 108 valence electrons. The molecule has 0 bridgehead atoms. The summed E-state index contributed by atoms with van der Waals surface area (Å²) in [6.07, 6.45) is 0. The molecule has 0 N–H and O–H groups in total. The van der Waals surface area contributed by atoms with Crippen LogP contribution >= 0.6 is 23.2 Å². The molecule has 6 heteroatoms. The lowest BCUT2D eigenvalue weighted by Crippen LogP contribution is -2.02. The molecule has 1 heterocycles. The van der Waals surface area contributed by atoms with Crippen molar-refractivity contribution < 1.29 is 8.78 Å². The molecule has 0 aliphatic heterocycles. The Balaban J connectivity index is 2.39. The van der Waals surface area contributed by atoms with E-state index in [9.17, 15) is 8.78 Å². The van der Waals surface area contributed by atoms with E-state index in [-0.39, 0.29) is 10.5 Å². The highest BCUT2D eigenvalue weighted by Crippen LogP contribution is 2.32. The molecule has 0 saturated carbocycles. The van der Waals surface area contributed by atoms with E-state index in [1.54, 1.807) is 23.6 Å². The lowest BCUT2D eigenvalue weighted by atomic mass is 10.2. The normalized spacial score (nSPS) is 12.8. The van der Waals surface area contributed by atoms with Crippen molar-refractivity contribution in [1.82, 2.24) is 9.55 Å². The molecule has 21 heavy (non-hydrogen) atoms. The van der Waals surface area contributed by atoms with Crippen LogP contribution in [0.4, 0.5) is 8.78 Å². The number of aromatic nitrogens is 2. The number of rotatable bonds is 2. The molecule has 2 nitrogen and oxygen atoms in total. The van der Waals surface area contributed by atoms with Crippen LogP contribution in [0, 0.1) is 11.6 Å². The summed E-state index contributed by atoms with van der Waals surface area (Å²) in [5, 5.41) is -0.255. The SMILES string of the molecule is CC(Cl)c1nc2c(F)cccc2n1-c1ccc(F)cc1Cl. The first-order valence-electron chi connectivity index (χ1n) is 6.25. The number of benzene rings is 2. The molecule has 0 amide bonds. The van der Waals surface area contributed by atoms with Crippen LogP contribution in [0.5, 0.6) is 0 Å². The molecule has 1 aromatic heterocycles. The first-order valence-corrected chi connectivity index (χ1v) is 7.07. The Bertz CT molecular complexity index is 828. The van der Waals surface area contributed by atoms with Gasteiger partial charge >= 0.3 is 0 Å². The number of halogens is 4. The zero-order valence-corrected chi connectivity index (χ0v) is 12.5. The van der Waals surface area contributed by atoms with Gasteiger partial charge in [0.15, 0.2) is 5.82 Å². The standard InChI is InChI=1S/C15H10Cl2F2N2/c1-8(16)15-20-14-11(19)3-2-4-13(14)21(15)12-6-5-9(18)7-10(12)17/h2-8H,1H3. The van der Waals surface area contributed by atoms with Gasteiger partial charge in [0, 0.05) is 0 Å². The summed E-state index contributed by atoms with van der Waals surface area (Å²) in [5.74, 6) is -0.437. The molecule has 0 spiro atoms. The number of hydrogen-bond donors (Lipinski definition) is 0. The van der Waals surface area contributed by atoms with E-state index in [0.717, 1.165) is 0 Å². The van der Waals surface area contributed by atoms with E-state index in [1.807, 2.05) is 0 Å². The van der Waals surface area contributed by atoms with E-state index >= 15 is 0 Å². The van der Waals surface area contributed by atoms with Crippen molar-refractivity contribution in [3.63, 3.8) is 0 Å². The third-order valence-electron chi connectivity index (χ3n) is 3.17. The maximum atomic E-state index is 13.9. The van der Waals surface area contributed by atoms with Crippen LogP contribution in [0.1, 0.15) is 18.1 Å². The first-order chi connectivity index (χ1) is 9.99. The van der Waals surface area contributed by atoms with Crippen molar-refractivity contribution in [3.8, 4) is 5.69 Å². The van der Waals surface area contributed by atoms with Crippen LogP contribution in [0.2, 0.25) is 5.02 Å². The van der Waals surface area contributed by atoms with Crippen molar-refractivity contribution in [2.45, 2.75) is 12.3 Å². The van der Waals surface area contributed by atoms with Gasteiger partial charge in [-0.2, -0.15) is 0 Å². The van der Waals surface area contributed by atoms with Crippen LogP contribution in [-0.2, 0) is 0 Å². The van der Waals surface area contributed by atoms with Crippen LogP contribution in [0.25, 0.3) is 16.7 Å². The van der Waals surface area contributed by atoms with Crippen molar-refractivity contribution in [3.05, 3.63) is 58.9 Å². The smallest absolute Gasteiger partial charge is 0.151 e. The van der Waals surface area contributed by atoms with E-state index in [2.05, 4.69) is 4.98 Å². The predicted molar refractivity (Wildman–Crippen MR) is 80.3 cm³/mol. The number of alkyl halides is 1. The fraction of sp³-hybridized carbons (Fsp3) is 0.133. The number of nitrogens with zero attached hydrogens (tertiary/aromatic N) is 2. The quantitative estimate of drug-likeness (QED) is 0.587. The average Bonchev–Trinajstić information content (AvgIpc) is 2.80. The second kappa shape index (κ2) is 5.28. The highest BCUT2D eigenvalue weighted by molar-refractivity contribution is 6.32. The summed E-state index contributed by atoms with van der Waals surface area (Å²) >= 11 is 12.3. The molecule has 0 fully saturated rings. The minimum Gasteiger partial charge on any atom is -0.293 e. The number of para-hydroxylation sites is 1. The van der Waals surface area contributed by atoms with Gasteiger partial charge < -0.3 is 0 Å². The summed E-state index contributed by atoms with van der Waals surface area (Å²) in [6, 6.07) is 8.63. The molecule has 0 aliphatic carbocycles. The van der Waals surface area contributed by atoms with Gasteiger partial charge in [-0.05, 0) is 37.3 Å². The zero-order chi connectivity index (χ0) is 15.1. The van der Waals surface area contributed by atoms with E-state index in [0.29, 0.717) is 17.0 Å². The van der Waals surface area contributed by atoms with Gasteiger partial charge in [-0.3, -0.25) is 4.57 Å². The Labute approximate surface area is 129 Å². The van der Waals surface area contributed by atoms with E-state index < -0.39 is 17.0 Å². The lowest BCUT2D eigenvalue weighted by molar-refractivity contribution is 0.627. The maximum absolute atomic E-state index is 13.9. The number of imidazole rings is 1. The highest BCUT2D eigenvalue weighted by Gasteiger charge is 2.20. The molecule has 1 unspecified atom stereocenters. The van der Waals surface area contributed by atoms with Crippen LogP contribution in [-0.4, -0.2) is 9.55 Å². The Morgan fingerprint density at radius 1 is 1.19 bits per heavy atom. The van der Waals surface area contributed by atoms with Gasteiger partial charge in [0.1, 0.15) is 17.2 Å². The Kier molecular flexibility index (Phi) is 3.59. The molecule has 0 radical (unpaired) electrons. The zero-order valence-electron chi connectivity index (χ0n) is 10.9. The van der Waals surface area contributed by atoms with Gasteiger partial charge in [-0.15, -0.1) is 11.6 Å². The fourth-order valence-electron chi connectivity index (χ4n) is 2.27. The van der Waals surface area contributed by atoms with Crippen molar-refractivity contribution in [2.75, 3.05) is 0 Å². The third kappa shape index (κ3) is 2.39. The molecule has 0 saturated heterocycles. The van der Waals surface area contributed by atoms with Crippen molar-refractivity contribution in [1.29, 1.82) is 0 Å². The fourth-order valence-corrected chi connectivity index (χ4v) is 2.66. The summed E-state index contributed by atoms with van der Waals surface area (Å²) in [6.45, 7) is 1.73. The van der Waals surface area contributed by atoms with E-state index in [4.69, 9.17) is 23.2 Å². The van der Waals surface area contributed by atoms with Gasteiger partial charge in [-0.25, -0.2) is 13.8 Å². The molecule has 1 atom stereocenters. The molecule has 3 rings (SSSR count). The summed E-state index contributed by atoms with van der Waals surface area (Å²) in [7, 11) is 0. The highest BCUT2D eigenvalue weighted by atomic mass is 35.5. The summed E-state index contributed by atoms with van der Waals surface area (Å²) in [4.78, 5) is 4.26. The molecular weight excluding hydrogens is 317 g/mol. The number of fused-ring (bicyclic) bond motifs is 1.